The highest BCUT2D eigenvalue weighted by molar-refractivity contribution is 5.81. The van der Waals surface area contributed by atoms with Crippen LogP contribution < -0.4 is 5.43 Å². The van der Waals surface area contributed by atoms with Crippen molar-refractivity contribution in [2.24, 2.45) is 22.4 Å². The molecule has 2 bridgehead atoms. The Hall–Kier alpha value is -1.92. The third kappa shape index (κ3) is 2.19. The normalized spacial score (nSPS) is 25.8. The van der Waals surface area contributed by atoms with Crippen molar-refractivity contribution in [3.63, 3.8) is 0 Å². The monoisotopic (exact) mass is 313 g/mol. The lowest BCUT2D eigenvalue weighted by Crippen LogP contribution is -2.48. The topological polar surface area (TPSA) is 37.3 Å². The predicted octanol–water partition coefficient (Wildman–Crippen LogP) is 4.03. The molecule has 3 nitrogen and oxygen atoms in total. The van der Waals surface area contributed by atoms with Crippen LogP contribution in [0.4, 0.5) is 23.2 Å². The van der Waals surface area contributed by atoms with Crippen molar-refractivity contribution in [3.05, 3.63) is 35.2 Å². The van der Waals surface area contributed by atoms with Crippen molar-refractivity contribution in [1.29, 1.82) is 0 Å². The van der Waals surface area contributed by atoms with Crippen LogP contribution in [0.15, 0.2) is 16.8 Å². The molecule has 1 fully saturated rings. The second-order valence-corrected chi connectivity index (χ2v) is 6.31. The fourth-order valence-corrected chi connectivity index (χ4v) is 3.30. The highest BCUT2D eigenvalue weighted by Gasteiger charge is 2.50. The van der Waals surface area contributed by atoms with Crippen LogP contribution in [0.5, 0.6) is 0 Å². The molecule has 0 aliphatic heterocycles. The summed E-state index contributed by atoms with van der Waals surface area (Å²) in [6, 6.07) is 0. The maximum atomic E-state index is 13.4. The third-order valence-electron chi connectivity index (χ3n) is 4.90. The number of nitrogens with one attached hydrogen (secondary N) is 1. The Labute approximate surface area is 125 Å². The van der Waals surface area contributed by atoms with Gasteiger partial charge in [-0.05, 0) is 35.7 Å². The predicted molar refractivity (Wildman–Crippen MR) is 74.3 cm³/mol. The molecule has 7 heteroatoms. The summed E-state index contributed by atoms with van der Waals surface area (Å²) in [6.45, 7) is 4.35. The molecule has 4 rings (SSSR count). The SMILES string of the molecule is CC1(C)[C@H]2CC=C(/C=N/Nc3c(F)c(F)nc(F)c3F)[C@@H]1C2. The first-order chi connectivity index (χ1) is 10.3. The molecule has 3 aliphatic rings. The average Bonchev–Trinajstić information content (AvgIpc) is 2.48. The van der Waals surface area contributed by atoms with Crippen molar-refractivity contribution in [2.75, 3.05) is 5.43 Å². The van der Waals surface area contributed by atoms with Gasteiger partial charge in [-0.25, -0.2) is 0 Å². The molecule has 1 aromatic heterocycles. The number of fused-ring (bicyclic) bond motifs is 1. The Morgan fingerprint density at radius 2 is 1.86 bits per heavy atom. The highest BCUT2D eigenvalue weighted by Crippen LogP contribution is 2.58. The Balaban J connectivity index is 1.78. The second-order valence-electron chi connectivity index (χ2n) is 6.31. The lowest BCUT2D eigenvalue weighted by molar-refractivity contribution is -0.00124. The molecule has 0 amide bonds. The van der Waals surface area contributed by atoms with E-state index in [-0.39, 0.29) is 5.41 Å². The van der Waals surface area contributed by atoms with Gasteiger partial charge in [-0.1, -0.05) is 19.9 Å². The van der Waals surface area contributed by atoms with E-state index in [4.69, 9.17) is 0 Å². The molecule has 118 valence electrons. The zero-order valence-electron chi connectivity index (χ0n) is 12.1. The van der Waals surface area contributed by atoms with Gasteiger partial charge in [-0.2, -0.15) is 27.6 Å². The van der Waals surface area contributed by atoms with Gasteiger partial charge in [0.1, 0.15) is 5.69 Å². The molecule has 3 aliphatic carbocycles. The molecule has 1 N–H and O–H groups in total. The van der Waals surface area contributed by atoms with E-state index in [0.29, 0.717) is 11.8 Å². The molecular formula is C15H15F4N3. The van der Waals surface area contributed by atoms with Crippen LogP contribution in [0.3, 0.4) is 0 Å². The minimum absolute atomic E-state index is 0.182. The first kappa shape index (κ1) is 15.0. The van der Waals surface area contributed by atoms with Crippen LogP contribution in [0, 0.1) is 40.8 Å². The summed E-state index contributed by atoms with van der Waals surface area (Å²) in [5.41, 5.74) is 2.20. The molecule has 0 saturated heterocycles. The standard InChI is InChI=1S/C15H15F4N3/c1-15(2)8-4-3-7(9(15)5-8)6-20-22-12-10(16)13(18)21-14(19)11(12)17/h3,6,8-9H,4-5H2,1-2H3,(H,21,22)/b20-6+/t8-,9-/m0/s1. The number of hydrazone groups is 1. The van der Waals surface area contributed by atoms with Crippen LogP contribution in [0.1, 0.15) is 26.7 Å². The van der Waals surface area contributed by atoms with Crippen molar-refractivity contribution in [1.82, 2.24) is 4.98 Å². The maximum Gasteiger partial charge on any atom is 0.254 e. The number of rotatable bonds is 3. The summed E-state index contributed by atoms with van der Waals surface area (Å²) in [6.07, 6.45) is 5.49. The number of hydrogen-bond acceptors (Lipinski definition) is 3. The van der Waals surface area contributed by atoms with E-state index in [1.807, 2.05) is 11.5 Å². The van der Waals surface area contributed by atoms with Crippen molar-refractivity contribution >= 4 is 11.9 Å². The number of pyridine rings is 1. The molecule has 0 unspecified atom stereocenters. The van der Waals surface area contributed by atoms with Gasteiger partial charge in [0, 0.05) is 0 Å². The number of aromatic nitrogens is 1. The molecular weight excluding hydrogens is 298 g/mol. The zero-order chi connectivity index (χ0) is 16.1. The molecule has 0 radical (unpaired) electrons. The molecule has 1 heterocycles. The summed E-state index contributed by atoms with van der Waals surface area (Å²) < 4.78 is 52.8. The summed E-state index contributed by atoms with van der Waals surface area (Å²) in [7, 11) is 0. The quantitative estimate of drug-likeness (QED) is 0.396. The zero-order valence-corrected chi connectivity index (χ0v) is 12.1. The smallest absolute Gasteiger partial charge is 0.254 e. The first-order valence-corrected chi connectivity index (χ1v) is 7.01. The van der Waals surface area contributed by atoms with Gasteiger partial charge in [0.05, 0.1) is 6.21 Å². The molecule has 22 heavy (non-hydrogen) atoms. The Morgan fingerprint density at radius 1 is 1.23 bits per heavy atom. The van der Waals surface area contributed by atoms with E-state index in [2.05, 4.69) is 23.9 Å². The number of nitrogens with zero attached hydrogens (tertiary/aromatic N) is 2. The molecule has 0 spiro atoms. The molecule has 1 saturated carbocycles. The Kier molecular flexibility index (Phi) is 3.45. The Morgan fingerprint density at radius 3 is 2.41 bits per heavy atom. The fraction of sp³-hybridized carbons (Fsp3) is 0.467. The number of hydrogen-bond donors (Lipinski definition) is 1. The molecule has 2 atom stereocenters. The summed E-state index contributed by atoms with van der Waals surface area (Å²) >= 11 is 0. The van der Waals surface area contributed by atoms with E-state index in [1.165, 1.54) is 6.21 Å². The maximum absolute atomic E-state index is 13.4. The number of allylic oxidation sites excluding steroid dienone is 2. The van der Waals surface area contributed by atoms with Gasteiger partial charge < -0.3 is 0 Å². The second kappa shape index (κ2) is 5.07. The van der Waals surface area contributed by atoms with Crippen LogP contribution in [0.2, 0.25) is 0 Å². The minimum atomic E-state index is -1.71. The van der Waals surface area contributed by atoms with Crippen LogP contribution >= 0.6 is 0 Å². The van der Waals surface area contributed by atoms with E-state index < -0.39 is 29.2 Å². The van der Waals surface area contributed by atoms with Gasteiger partial charge in [0.2, 0.25) is 11.6 Å². The van der Waals surface area contributed by atoms with E-state index in [1.54, 1.807) is 0 Å². The first-order valence-electron chi connectivity index (χ1n) is 7.01. The largest absolute Gasteiger partial charge is 0.272 e. The summed E-state index contributed by atoms with van der Waals surface area (Å²) in [5, 5.41) is 3.73. The highest BCUT2D eigenvalue weighted by atomic mass is 19.2. The van der Waals surface area contributed by atoms with Gasteiger partial charge in [0.25, 0.3) is 11.9 Å². The minimum Gasteiger partial charge on any atom is -0.272 e. The number of anilines is 1. The van der Waals surface area contributed by atoms with Crippen molar-refractivity contribution in [2.45, 2.75) is 26.7 Å². The van der Waals surface area contributed by atoms with Crippen molar-refractivity contribution in [3.8, 4) is 0 Å². The average molecular weight is 313 g/mol. The summed E-state index contributed by atoms with van der Waals surface area (Å²) in [4.78, 5) is 2.48. The molecule has 0 aromatic carbocycles. The van der Waals surface area contributed by atoms with E-state index >= 15 is 0 Å². The third-order valence-corrected chi connectivity index (χ3v) is 4.90. The lowest BCUT2D eigenvalue weighted by Gasteiger charge is -2.55. The van der Waals surface area contributed by atoms with Crippen LogP contribution in [-0.4, -0.2) is 11.2 Å². The fourth-order valence-electron chi connectivity index (χ4n) is 3.30. The summed E-state index contributed by atoms with van der Waals surface area (Å²) in [5.74, 6) is -5.62. The van der Waals surface area contributed by atoms with Crippen LogP contribution in [0.25, 0.3) is 0 Å². The number of halogens is 4. The Bertz CT molecular complexity index is 656. The van der Waals surface area contributed by atoms with Gasteiger partial charge >= 0.3 is 0 Å². The van der Waals surface area contributed by atoms with Gasteiger partial charge in [-0.15, -0.1) is 0 Å². The lowest BCUT2D eigenvalue weighted by atomic mass is 9.49. The van der Waals surface area contributed by atoms with Gasteiger partial charge in [0.15, 0.2) is 0 Å². The van der Waals surface area contributed by atoms with Gasteiger partial charge in [-0.3, -0.25) is 5.43 Å². The molecule has 1 aromatic rings. The van der Waals surface area contributed by atoms with Crippen molar-refractivity contribution < 1.29 is 17.6 Å². The van der Waals surface area contributed by atoms with Crippen LogP contribution in [-0.2, 0) is 0 Å². The van der Waals surface area contributed by atoms with E-state index in [0.717, 1.165) is 18.4 Å². The van der Waals surface area contributed by atoms with E-state index in [9.17, 15) is 17.6 Å².